The number of hydrogen-bond donors (Lipinski definition) is 0. The molecule has 0 aliphatic heterocycles. The minimum atomic E-state index is -0.149. The molecule has 2 aromatic rings. The molecule has 0 radical (unpaired) electrons. The smallest absolute Gasteiger partial charge is 0.307 e. The Morgan fingerprint density at radius 1 is 0.458 bits per heavy atom. The SMILES string of the molecule is CCCCCCCCCCN(C)CCC(=O)OCc1ccc(-c2ccc(COC(=O)CCN(C)CCCCCCCCCC)cc2)cc1. The van der Waals surface area contributed by atoms with Crippen molar-refractivity contribution in [1.29, 1.82) is 0 Å². The minimum absolute atomic E-state index is 0.149. The van der Waals surface area contributed by atoms with Gasteiger partial charge in [0.15, 0.2) is 0 Å². The number of ether oxygens (including phenoxy) is 2. The van der Waals surface area contributed by atoms with Crippen LogP contribution in [0.4, 0.5) is 0 Å². The maximum absolute atomic E-state index is 12.3. The number of esters is 2. The van der Waals surface area contributed by atoms with E-state index in [1.807, 2.05) is 24.3 Å². The van der Waals surface area contributed by atoms with Crippen molar-refractivity contribution in [3.63, 3.8) is 0 Å². The lowest BCUT2D eigenvalue weighted by atomic mass is 10.0. The quantitative estimate of drug-likeness (QED) is 0.0637. The zero-order chi connectivity index (χ0) is 34.7. The molecule has 0 bridgehead atoms. The van der Waals surface area contributed by atoms with Crippen LogP contribution in [0.25, 0.3) is 11.1 Å². The van der Waals surface area contributed by atoms with E-state index in [9.17, 15) is 9.59 Å². The van der Waals surface area contributed by atoms with Crippen LogP contribution in [0.2, 0.25) is 0 Å². The average Bonchev–Trinajstić information content (AvgIpc) is 3.10. The molecule has 0 saturated heterocycles. The Kier molecular flexibility index (Phi) is 23.5. The van der Waals surface area contributed by atoms with Gasteiger partial charge in [-0.05, 0) is 62.3 Å². The molecule has 0 aliphatic carbocycles. The maximum Gasteiger partial charge on any atom is 0.307 e. The number of benzene rings is 2. The molecule has 6 heteroatoms. The molecule has 270 valence electrons. The molecule has 2 aromatic carbocycles. The number of carbonyl (C=O) groups excluding carboxylic acids is 2. The molecule has 0 fully saturated rings. The van der Waals surface area contributed by atoms with Crippen LogP contribution in [0.3, 0.4) is 0 Å². The lowest BCUT2D eigenvalue weighted by molar-refractivity contribution is -0.146. The summed E-state index contributed by atoms with van der Waals surface area (Å²) in [5.74, 6) is -0.298. The molecule has 0 amide bonds. The van der Waals surface area contributed by atoms with Gasteiger partial charge in [-0.2, -0.15) is 0 Å². The summed E-state index contributed by atoms with van der Waals surface area (Å²) in [6.45, 7) is 8.64. The van der Waals surface area contributed by atoms with Crippen molar-refractivity contribution >= 4 is 11.9 Å². The van der Waals surface area contributed by atoms with Crippen molar-refractivity contribution in [2.24, 2.45) is 0 Å². The Morgan fingerprint density at radius 3 is 1.10 bits per heavy atom. The Morgan fingerprint density at radius 2 is 0.771 bits per heavy atom. The van der Waals surface area contributed by atoms with Crippen LogP contribution >= 0.6 is 0 Å². The van der Waals surface area contributed by atoms with Gasteiger partial charge in [0, 0.05) is 13.1 Å². The molecule has 0 spiro atoms. The lowest BCUT2D eigenvalue weighted by Gasteiger charge is -2.16. The highest BCUT2D eigenvalue weighted by Gasteiger charge is 2.09. The van der Waals surface area contributed by atoms with Crippen LogP contribution in [0, 0.1) is 0 Å². The first-order valence-corrected chi connectivity index (χ1v) is 19.3. The van der Waals surface area contributed by atoms with E-state index in [0.29, 0.717) is 26.1 Å². The van der Waals surface area contributed by atoms with E-state index in [4.69, 9.17) is 9.47 Å². The van der Waals surface area contributed by atoms with Gasteiger partial charge in [0.1, 0.15) is 13.2 Å². The molecule has 0 saturated carbocycles. The molecule has 0 N–H and O–H groups in total. The van der Waals surface area contributed by atoms with E-state index in [-0.39, 0.29) is 11.9 Å². The molecule has 0 aliphatic rings. The second-order valence-corrected chi connectivity index (χ2v) is 13.8. The van der Waals surface area contributed by atoms with E-state index in [1.54, 1.807) is 0 Å². The van der Waals surface area contributed by atoms with Gasteiger partial charge in [-0.25, -0.2) is 0 Å². The summed E-state index contributed by atoms with van der Waals surface area (Å²) in [7, 11) is 4.18. The highest BCUT2D eigenvalue weighted by atomic mass is 16.5. The van der Waals surface area contributed by atoms with Gasteiger partial charge in [0.05, 0.1) is 12.8 Å². The maximum atomic E-state index is 12.3. The molecular formula is C42H68N2O4. The van der Waals surface area contributed by atoms with Crippen LogP contribution in [-0.4, -0.2) is 62.0 Å². The molecule has 48 heavy (non-hydrogen) atoms. The first-order chi connectivity index (χ1) is 23.4. The summed E-state index contributed by atoms with van der Waals surface area (Å²) >= 11 is 0. The fourth-order valence-electron chi connectivity index (χ4n) is 5.88. The molecule has 0 heterocycles. The number of nitrogens with zero attached hydrogens (tertiary/aromatic N) is 2. The van der Waals surface area contributed by atoms with E-state index < -0.39 is 0 Å². The number of carbonyl (C=O) groups is 2. The zero-order valence-electron chi connectivity index (χ0n) is 31.1. The summed E-state index contributed by atoms with van der Waals surface area (Å²) in [4.78, 5) is 29.1. The topological polar surface area (TPSA) is 59.1 Å². The van der Waals surface area contributed by atoms with Crippen molar-refractivity contribution in [2.45, 2.75) is 143 Å². The Balaban J connectivity index is 1.57. The Hall–Kier alpha value is -2.70. The summed E-state index contributed by atoms with van der Waals surface area (Å²) in [6, 6.07) is 16.3. The van der Waals surface area contributed by atoms with Crippen LogP contribution in [0.5, 0.6) is 0 Å². The van der Waals surface area contributed by atoms with E-state index in [2.05, 4.69) is 62.0 Å². The highest BCUT2D eigenvalue weighted by Crippen LogP contribution is 2.21. The van der Waals surface area contributed by atoms with Crippen LogP contribution < -0.4 is 0 Å². The van der Waals surface area contributed by atoms with E-state index in [0.717, 1.165) is 48.4 Å². The van der Waals surface area contributed by atoms with Gasteiger partial charge in [-0.1, -0.05) is 152 Å². The lowest BCUT2D eigenvalue weighted by Crippen LogP contribution is -2.23. The third kappa shape index (κ3) is 20.6. The first kappa shape index (κ1) is 41.5. The third-order valence-corrected chi connectivity index (χ3v) is 9.22. The Labute approximate surface area is 294 Å². The number of rotatable bonds is 29. The second kappa shape index (κ2) is 27.2. The normalized spacial score (nSPS) is 11.4. The fourth-order valence-corrected chi connectivity index (χ4v) is 5.88. The molecule has 0 unspecified atom stereocenters. The van der Waals surface area contributed by atoms with Crippen molar-refractivity contribution in [3.05, 3.63) is 59.7 Å². The van der Waals surface area contributed by atoms with Crippen molar-refractivity contribution in [2.75, 3.05) is 40.3 Å². The fraction of sp³-hybridized carbons (Fsp3) is 0.667. The molecular weight excluding hydrogens is 596 g/mol. The second-order valence-electron chi connectivity index (χ2n) is 13.8. The molecule has 0 aromatic heterocycles. The van der Waals surface area contributed by atoms with Gasteiger partial charge in [0.2, 0.25) is 0 Å². The van der Waals surface area contributed by atoms with Crippen molar-refractivity contribution in [1.82, 2.24) is 9.80 Å². The zero-order valence-corrected chi connectivity index (χ0v) is 31.1. The first-order valence-electron chi connectivity index (χ1n) is 19.3. The van der Waals surface area contributed by atoms with Gasteiger partial charge in [-0.15, -0.1) is 0 Å². The third-order valence-electron chi connectivity index (χ3n) is 9.22. The molecule has 2 rings (SSSR count). The summed E-state index contributed by atoms with van der Waals surface area (Å²) in [5.41, 5.74) is 4.14. The van der Waals surface area contributed by atoms with E-state index >= 15 is 0 Å². The van der Waals surface area contributed by atoms with Gasteiger partial charge >= 0.3 is 11.9 Å². The summed E-state index contributed by atoms with van der Waals surface area (Å²) < 4.78 is 11.1. The van der Waals surface area contributed by atoms with E-state index in [1.165, 1.54) is 103 Å². The van der Waals surface area contributed by atoms with Gasteiger partial charge in [0.25, 0.3) is 0 Å². The molecule has 6 nitrogen and oxygen atoms in total. The molecule has 0 atom stereocenters. The van der Waals surface area contributed by atoms with Crippen LogP contribution in [0.15, 0.2) is 48.5 Å². The number of unbranched alkanes of at least 4 members (excludes halogenated alkanes) is 14. The van der Waals surface area contributed by atoms with Crippen molar-refractivity contribution < 1.29 is 19.1 Å². The van der Waals surface area contributed by atoms with Crippen molar-refractivity contribution in [3.8, 4) is 11.1 Å². The monoisotopic (exact) mass is 665 g/mol. The highest BCUT2D eigenvalue weighted by molar-refractivity contribution is 5.70. The van der Waals surface area contributed by atoms with Crippen LogP contribution in [0.1, 0.15) is 141 Å². The standard InChI is InChI=1S/C42H68N2O4/c1-5-7-9-11-13-15-17-19-31-43(3)33-29-41(45)47-35-37-21-25-39(26-22-37)40-27-23-38(24-28-40)36-48-42(46)30-34-44(4)32-20-18-16-14-12-10-8-6-2/h21-28H,5-20,29-36H2,1-4H3. The predicted octanol–water partition coefficient (Wildman–Crippen LogP) is 10.4. The minimum Gasteiger partial charge on any atom is -0.461 e. The largest absolute Gasteiger partial charge is 0.461 e. The summed E-state index contributed by atoms with van der Waals surface area (Å²) in [5, 5.41) is 0. The predicted molar refractivity (Wildman–Crippen MR) is 201 cm³/mol. The van der Waals surface area contributed by atoms with Gasteiger partial charge < -0.3 is 19.3 Å². The van der Waals surface area contributed by atoms with Crippen LogP contribution in [-0.2, 0) is 32.3 Å². The Bertz CT molecular complexity index is 998. The van der Waals surface area contributed by atoms with Gasteiger partial charge in [-0.3, -0.25) is 9.59 Å². The summed E-state index contributed by atoms with van der Waals surface area (Å²) in [6.07, 6.45) is 21.9. The average molecular weight is 665 g/mol. The number of hydrogen-bond acceptors (Lipinski definition) is 6.